The van der Waals surface area contributed by atoms with Gasteiger partial charge in [-0.25, -0.2) is 9.59 Å². The van der Waals surface area contributed by atoms with Crippen LogP contribution in [-0.2, 0) is 14.4 Å². The van der Waals surface area contributed by atoms with Gasteiger partial charge in [-0.15, -0.1) is 0 Å². The summed E-state index contributed by atoms with van der Waals surface area (Å²) in [5.74, 6) is -3.15. The number of rotatable bonds is 12. The summed E-state index contributed by atoms with van der Waals surface area (Å²) >= 11 is 0. The molecular weight excluding hydrogens is 508 g/mol. The third-order valence-corrected chi connectivity index (χ3v) is 5.53. The number of aliphatic carboxylic acids is 2. The number of carboxylic acid groups (broad SMARTS) is 2. The maximum Gasteiger partial charge on any atom is 0.414 e. The number of nitrogens with zero attached hydrogens (tertiary/aromatic N) is 3. The fourth-order valence-corrected chi connectivity index (χ4v) is 3.44. The van der Waals surface area contributed by atoms with Crippen molar-refractivity contribution in [2.45, 2.75) is 20.3 Å². The topological polar surface area (TPSA) is 169 Å². The van der Waals surface area contributed by atoms with Gasteiger partial charge in [0, 0.05) is 23.9 Å². The largest absolute Gasteiger partial charge is 0.493 e. The molecule has 0 saturated heterocycles. The summed E-state index contributed by atoms with van der Waals surface area (Å²) < 4.78 is 10.5. The second-order valence-electron chi connectivity index (χ2n) is 8.02. The van der Waals surface area contributed by atoms with Gasteiger partial charge < -0.3 is 34.8 Å². The molecule has 3 N–H and O–H groups in total. The van der Waals surface area contributed by atoms with Crippen LogP contribution in [0.5, 0.6) is 11.5 Å². The van der Waals surface area contributed by atoms with Gasteiger partial charge in [0.2, 0.25) is 5.91 Å². The highest BCUT2D eigenvalue weighted by Gasteiger charge is 2.20. The molecule has 0 heterocycles. The first-order valence-electron chi connectivity index (χ1n) is 12.1. The molecule has 0 bridgehead atoms. The fraction of sp³-hybridized carbons (Fsp3) is 0.370. The molecule has 0 aromatic heterocycles. The van der Waals surface area contributed by atoms with E-state index < -0.39 is 11.9 Å². The summed E-state index contributed by atoms with van der Waals surface area (Å²) in [6.07, 6.45) is 0.743. The number of carboxylic acids is 2. The van der Waals surface area contributed by atoms with Crippen LogP contribution in [0.15, 0.2) is 42.5 Å². The van der Waals surface area contributed by atoms with E-state index in [-0.39, 0.29) is 18.4 Å². The molecule has 0 fully saturated rings. The van der Waals surface area contributed by atoms with Gasteiger partial charge in [0.05, 0.1) is 25.9 Å². The second kappa shape index (κ2) is 17.0. The first-order chi connectivity index (χ1) is 18.6. The van der Waals surface area contributed by atoms with Gasteiger partial charge in [0.15, 0.2) is 11.5 Å². The number of nitrogens with one attached hydrogen (secondary N) is 1. The number of nitriles is 1. The molecule has 0 aliphatic heterocycles. The van der Waals surface area contributed by atoms with Crippen LogP contribution in [0.4, 0.5) is 5.69 Å². The van der Waals surface area contributed by atoms with Crippen LogP contribution >= 0.6 is 0 Å². The molecule has 0 saturated carbocycles. The molecule has 12 heteroatoms. The number of hydrogen-bond acceptors (Lipinski definition) is 8. The molecule has 210 valence electrons. The lowest BCUT2D eigenvalue weighted by Crippen LogP contribution is -2.39. The SMILES string of the molecule is CCN(CC)CCCN(CC(=O)Nc1ccc(OC)c(OC)c1)C(=O)c1ccc(C#N)cc1.O=C(O)C(=O)O. The average molecular weight is 543 g/mol. The van der Waals surface area contributed by atoms with E-state index in [1.165, 1.54) is 7.11 Å². The highest BCUT2D eigenvalue weighted by Crippen LogP contribution is 2.29. The zero-order valence-corrected chi connectivity index (χ0v) is 22.5. The van der Waals surface area contributed by atoms with Crippen LogP contribution < -0.4 is 14.8 Å². The molecular formula is C27H34N4O8. The molecule has 0 spiro atoms. The lowest BCUT2D eigenvalue weighted by atomic mass is 10.1. The number of carbonyl (C=O) groups excluding carboxylic acids is 2. The van der Waals surface area contributed by atoms with Gasteiger partial charge in [-0.1, -0.05) is 13.8 Å². The second-order valence-corrected chi connectivity index (χ2v) is 8.02. The first kappa shape index (κ1) is 32.4. The first-order valence-corrected chi connectivity index (χ1v) is 12.1. The minimum atomic E-state index is -1.82. The Morgan fingerprint density at radius 2 is 1.49 bits per heavy atom. The van der Waals surface area contributed by atoms with Crippen molar-refractivity contribution in [3.8, 4) is 17.6 Å². The van der Waals surface area contributed by atoms with Crippen molar-refractivity contribution < 1.29 is 38.9 Å². The summed E-state index contributed by atoms with van der Waals surface area (Å²) in [5.41, 5.74) is 1.47. The van der Waals surface area contributed by atoms with E-state index in [4.69, 9.17) is 34.5 Å². The lowest BCUT2D eigenvalue weighted by Gasteiger charge is -2.24. The molecule has 12 nitrogen and oxygen atoms in total. The third-order valence-electron chi connectivity index (χ3n) is 5.53. The molecule has 2 aromatic rings. The maximum atomic E-state index is 13.1. The predicted molar refractivity (Wildman–Crippen MR) is 143 cm³/mol. The number of benzene rings is 2. The molecule has 2 aromatic carbocycles. The Morgan fingerprint density at radius 3 is 1.97 bits per heavy atom. The third kappa shape index (κ3) is 11.1. The molecule has 0 aliphatic rings. The van der Waals surface area contributed by atoms with Crippen molar-refractivity contribution in [2.24, 2.45) is 0 Å². The minimum Gasteiger partial charge on any atom is -0.493 e. The number of ether oxygens (including phenoxy) is 2. The fourth-order valence-electron chi connectivity index (χ4n) is 3.44. The van der Waals surface area contributed by atoms with E-state index in [1.54, 1.807) is 54.5 Å². The molecule has 0 atom stereocenters. The predicted octanol–water partition coefficient (Wildman–Crippen LogP) is 2.54. The standard InChI is InChI=1S/C25H32N4O4.C2H2O4/c1-5-28(6-2)14-7-15-29(25(31)20-10-8-19(17-26)9-11-20)18-24(30)27-21-12-13-22(32-3)23(16-21)33-4;3-1(4)2(5)6/h8-13,16H,5-7,14-15,18H2,1-4H3,(H,27,30);(H,3,4)(H,5,6). The Bertz CT molecular complexity index is 1150. The maximum absolute atomic E-state index is 13.1. The van der Waals surface area contributed by atoms with Crippen LogP contribution in [0.2, 0.25) is 0 Å². The van der Waals surface area contributed by atoms with Crippen molar-refractivity contribution in [3.05, 3.63) is 53.6 Å². The van der Waals surface area contributed by atoms with Gasteiger partial charge in [-0.05, 0) is 62.5 Å². The van der Waals surface area contributed by atoms with Gasteiger partial charge in [0.1, 0.15) is 6.54 Å². The number of anilines is 1. The number of amides is 2. The number of methoxy groups -OCH3 is 2. The molecule has 0 radical (unpaired) electrons. The van der Waals surface area contributed by atoms with Crippen LogP contribution in [0, 0.1) is 11.3 Å². The van der Waals surface area contributed by atoms with Crippen LogP contribution in [0.25, 0.3) is 0 Å². The Labute approximate surface area is 227 Å². The highest BCUT2D eigenvalue weighted by molar-refractivity contribution is 6.27. The van der Waals surface area contributed by atoms with Crippen molar-refractivity contribution >= 4 is 29.4 Å². The van der Waals surface area contributed by atoms with Crippen LogP contribution in [-0.4, -0.2) is 90.7 Å². The van der Waals surface area contributed by atoms with Crippen LogP contribution in [0.1, 0.15) is 36.2 Å². The van der Waals surface area contributed by atoms with Crippen molar-refractivity contribution in [2.75, 3.05) is 52.3 Å². The monoisotopic (exact) mass is 542 g/mol. The summed E-state index contributed by atoms with van der Waals surface area (Å²) in [4.78, 5) is 47.9. The van der Waals surface area contributed by atoms with Crippen LogP contribution in [0.3, 0.4) is 0 Å². The minimum absolute atomic E-state index is 0.0918. The molecule has 2 amide bonds. The lowest BCUT2D eigenvalue weighted by molar-refractivity contribution is -0.159. The van der Waals surface area contributed by atoms with Crippen molar-refractivity contribution in [3.63, 3.8) is 0 Å². The molecule has 0 aliphatic carbocycles. The molecule has 0 unspecified atom stereocenters. The molecule has 2 rings (SSSR count). The number of carbonyl (C=O) groups is 4. The van der Waals surface area contributed by atoms with Gasteiger partial charge in [-0.2, -0.15) is 5.26 Å². The van der Waals surface area contributed by atoms with Crippen molar-refractivity contribution in [1.29, 1.82) is 5.26 Å². The Morgan fingerprint density at radius 1 is 0.897 bits per heavy atom. The zero-order valence-electron chi connectivity index (χ0n) is 22.5. The van der Waals surface area contributed by atoms with E-state index in [9.17, 15) is 9.59 Å². The normalized spacial score (nSPS) is 9.95. The molecule has 39 heavy (non-hydrogen) atoms. The van der Waals surface area contributed by atoms with E-state index in [0.717, 1.165) is 26.1 Å². The van der Waals surface area contributed by atoms with E-state index in [1.807, 2.05) is 6.07 Å². The summed E-state index contributed by atoms with van der Waals surface area (Å²) in [5, 5.41) is 26.6. The smallest absolute Gasteiger partial charge is 0.414 e. The van der Waals surface area contributed by atoms with Crippen molar-refractivity contribution in [1.82, 2.24) is 9.80 Å². The number of hydrogen-bond donors (Lipinski definition) is 3. The summed E-state index contributed by atoms with van der Waals surface area (Å²) in [6.45, 7) is 7.24. The summed E-state index contributed by atoms with van der Waals surface area (Å²) in [7, 11) is 3.07. The Kier molecular flexibility index (Phi) is 14.1. The quantitative estimate of drug-likeness (QED) is 0.339. The van der Waals surface area contributed by atoms with Gasteiger partial charge in [0.25, 0.3) is 5.91 Å². The van der Waals surface area contributed by atoms with E-state index >= 15 is 0 Å². The highest BCUT2D eigenvalue weighted by atomic mass is 16.5. The zero-order chi connectivity index (χ0) is 29.4. The Hall–Kier alpha value is -4.63. The van der Waals surface area contributed by atoms with E-state index in [0.29, 0.717) is 34.9 Å². The Balaban J connectivity index is 0.00000113. The summed E-state index contributed by atoms with van der Waals surface area (Å²) in [6, 6.07) is 13.6. The van der Waals surface area contributed by atoms with Gasteiger partial charge in [-0.3, -0.25) is 9.59 Å². The van der Waals surface area contributed by atoms with Gasteiger partial charge >= 0.3 is 11.9 Å². The average Bonchev–Trinajstić information content (AvgIpc) is 2.94. The van der Waals surface area contributed by atoms with E-state index in [2.05, 4.69) is 24.1 Å².